The van der Waals surface area contributed by atoms with Crippen molar-refractivity contribution in [1.82, 2.24) is 4.57 Å². The van der Waals surface area contributed by atoms with Gasteiger partial charge in [0.25, 0.3) is 5.56 Å². The van der Waals surface area contributed by atoms with Gasteiger partial charge in [-0.3, -0.25) is 4.79 Å². The van der Waals surface area contributed by atoms with E-state index in [9.17, 15) is 4.79 Å². The summed E-state index contributed by atoms with van der Waals surface area (Å²) in [6, 6.07) is 5.71. The molecule has 0 saturated heterocycles. The van der Waals surface area contributed by atoms with E-state index in [1.807, 2.05) is 35.9 Å². The van der Waals surface area contributed by atoms with Crippen molar-refractivity contribution >= 4 is 11.3 Å². The van der Waals surface area contributed by atoms with Crippen LogP contribution in [0.3, 0.4) is 0 Å². The molecule has 0 radical (unpaired) electrons. The first-order valence-corrected chi connectivity index (χ1v) is 8.29. The lowest BCUT2D eigenvalue weighted by Gasteiger charge is -2.18. The van der Waals surface area contributed by atoms with Crippen molar-refractivity contribution in [2.45, 2.75) is 46.7 Å². The van der Waals surface area contributed by atoms with Gasteiger partial charge in [0, 0.05) is 22.7 Å². The number of rotatable bonds is 5. The summed E-state index contributed by atoms with van der Waals surface area (Å²) in [6.45, 7) is 9.08. The highest BCUT2D eigenvalue weighted by atomic mass is 32.1. The Morgan fingerprint density at radius 3 is 2.62 bits per heavy atom. The number of aromatic nitrogens is 1. The van der Waals surface area contributed by atoms with E-state index < -0.39 is 0 Å². The fourth-order valence-corrected chi connectivity index (χ4v) is 3.33. The average molecular weight is 304 g/mol. The third-order valence-corrected chi connectivity index (χ3v) is 4.80. The number of hydrogen-bond donors (Lipinski definition) is 1. The van der Waals surface area contributed by atoms with Crippen LogP contribution in [0.1, 0.15) is 48.0 Å². The smallest absolute Gasteiger partial charge is 0.256 e. The summed E-state index contributed by atoms with van der Waals surface area (Å²) in [4.78, 5) is 13.9. The third-order valence-electron chi connectivity index (χ3n) is 3.84. The molecule has 2 aromatic heterocycles. The lowest BCUT2D eigenvalue weighted by atomic mass is 10.0. The first kappa shape index (κ1) is 16.0. The quantitative estimate of drug-likeness (QED) is 0.917. The number of thiophene rings is 1. The van der Waals surface area contributed by atoms with Crippen molar-refractivity contribution < 1.29 is 0 Å². The van der Waals surface area contributed by atoms with Gasteiger partial charge in [-0.05, 0) is 49.3 Å². The van der Waals surface area contributed by atoms with E-state index in [1.165, 1.54) is 0 Å². The summed E-state index contributed by atoms with van der Waals surface area (Å²) in [6.07, 6.45) is 0.998. The van der Waals surface area contributed by atoms with Gasteiger partial charge in [-0.15, -0.1) is 11.3 Å². The van der Waals surface area contributed by atoms with Gasteiger partial charge in [0.1, 0.15) is 0 Å². The molecule has 0 aliphatic carbocycles. The van der Waals surface area contributed by atoms with Gasteiger partial charge in [0.15, 0.2) is 0 Å². The monoisotopic (exact) mass is 304 g/mol. The lowest BCUT2D eigenvalue weighted by Crippen LogP contribution is -2.31. The van der Waals surface area contributed by atoms with Crippen LogP contribution in [0.5, 0.6) is 0 Å². The first-order chi connectivity index (χ1) is 9.91. The molecule has 21 heavy (non-hydrogen) atoms. The Hall–Kier alpha value is -1.39. The molecular formula is C17H24N2OS. The van der Waals surface area contributed by atoms with Crippen LogP contribution in [0.4, 0.5) is 0 Å². The molecule has 2 rings (SSSR count). The molecule has 4 heteroatoms. The van der Waals surface area contributed by atoms with Gasteiger partial charge in [-0.2, -0.15) is 0 Å². The van der Waals surface area contributed by atoms with E-state index in [1.54, 1.807) is 11.3 Å². The number of nitrogens with zero attached hydrogens (tertiary/aromatic N) is 1. The summed E-state index contributed by atoms with van der Waals surface area (Å²) < 4.78 is 1.87. The molecule has 0 saturated carbocycles. The Balaban J connectivity index is 2.46. The van der Waals surface area contributed by atoms with Gasteiger partial charge in [-0.25, -0.2) is 0 Å². The molecule has 0 fully saturated rings. The van der Waals surface area contributed by atoms with Crippen LogP contribution in [0.2, 0.25) is 0 Å². The Morgan fingerprint density at radius 1 is 1.33 bits per heavy atom. The Kier molecular flexibility index (Phi) is 5.01. The molecule has 3 nitrogen and oxygen atoms in total. The van der Waals surface area contributed by atoms with Crippen molar-refractivity contribution in [3.63, 3.8) is 0 Å². The molecule has 0 amide bonds. The second-order valence-corrected chi connectivity index (χ2v) is 6.99. The van der Waals surface area contributed by atoms with Crippen LogP contribution in [0, 0.1) is 19.8 Å². The van der Waals surface area contributed by atoms with E-state index in [0.29, 0.717) is 5.92 Å². The zero-order valence-electron chi connectivity index (χ0n) is 13.2. The molecule has 114 valence electrons. The zero-order chi connectivity index (χ0) is 15.6. The van der Waals surface area contributed by atoms with Crippen LogP contribution < -0.4 is 11.3 Å². The predicted octanol–water partition coefficient (Wildman–Crippen LogP) is 3.62. The maximum atomic E-state index is 12.8. The standard InChI is InChI=1S/C17H24N2OS/c1-11(2)7-8-19-13(4)10-12(3)15(17(19)20)16(18)14-6-5-9-21-14/h5-6,9-11,16H,7-8,18H2,1-4H3. The summed E-state index contributed by atoms with van der Waals surface area (Å²) in [5.74, 6) is 0.576. The van der Waals surface area contributed by atoms with Crippen molar-refractivity contribution in [2.24, 2.45) is 11.7 Å². The molecule has 0 aromatic carbocycles. The van der Waals surface area contributed by atoms with E-state index in [-0.39, 0.29) is 11.6 Å². The largest absolute Gasteiger partial charge is 0.319 e. The van der Waals surface area contributed by atoms with Crippen LogP contribution in [0.25, 0.3) is 0 Å². The molecule has 0 aliphatic heterocycles. The van der Waals surface area contributed by atoms with Crippen LogP contribution in [-0.2, 0) is 6.54 Å². The Bertz CT molecular complexity index is 656. The second-order valence-electron chi connectivity index (χ2n) is 6.01. The first-order valence-electron chi connectivity index (χ1n) is 7.41. The molecule has 1 unspecified atom stereocenters. The fraction of sp³-hybridized carbons (Fsp3) is 0.471. The third kappa shape index (κ3) is 3.44. The van der Waals surface area contributed by atoms with Gasteiger partial charge in [-0.1, -0.05) is 19.9 Å². The lowest BCUT2D eigenvalue weighted by molar-refractivity contribution is 0.498. The molecular weight excluding hydrogens is 280 g/mol. The maximum Gasteiger partial charge on any atom is 0.256 e. The predicted molar refractivity (Wildman–Crippen MR) is 90.0 cm³/mol. The van der Waals surface area contributed by atoms with Gasteiger partial charge in [0.05, 0.1) is 6.04 Å². The number of aryl methyl sites for hydroxylation is 2. The minimum absolute atomic E-state index is 0.0639. The highest BCUT2D eigenvalue weighted by molar-refractivity contribution is 7.10. The fourth-order valence-electron chi connectivity index (χ4n) is 2.60. The van der Waals surface area contributed by atoms with Gasteiger partial charge >= 0.3 is 0 Å². The Morgan fingerprint density at radius 2 is 2.05 bits per heavy atom. The molecule has 0 bridgehead atoms. The molecule has 2 aromatic rings. The molecule has 2 heterocycles. The average Bonchev–Trinajstić information content (AvgIpc) is 2.91. The van der Waals surface area contributed by atoms with Crippen LogP contribution in [-0.4, -0.2) is 4.57 Å². The van der Waals surface area contributed by atoms with Crippen LogP contribution >= 0.6 is 11.3 Å². The summed E-state index contributed by atoms with van der Waals surface area (Å²) in [5, 5.41) is 2.00. The highest BCUT2D eigenvalue weighted by Crippen LogP contribution is 2.24. The van der Waals surface area contributed by atoms with Crippen LogP contribution in [0.15, 0.2) is 28.4 Å². The zero-order valence-corrected chi connectivity index (χ0v) is 14.0. The molecule has 0 spiro atoms. The molecule has 1 atom stereocenters. The van der Waals surface area contributed by atoms with Crippen molar-refractivity contribution in [3.05, 3.63) is 55.6 Å². The van der Waals surface area contributed by atoms with Gasteiger partial charge in [0.2, 0.25) is 0 Å². The van der Waals surface area contributed by atoms with E-state index >= 15 is 0 Å². The van der Waals surface area contributed by atoms with E-state index in [0.717, 1.165) is 34.7 Å². The molecule has 0 aliphatic rings. The van der Waals surface area contributed by atoms with Crippen molar-refractivity contribution in [2.75, 3.05) is 0 Å². The van der Waals surface area contributed by atoms with E-state index in [2.05, 4.69) is 19.9 Å². The number of hydrogen-bond acceptors (Lipinski definition) is 3. The second kappa shape index (κ2) is 6.58. The summed E-state index contributed by atoms with van der Waals surface area (Å²) in [7, 11) is 0. The van der Waals surface area contributed by atoms with Crippen molar-refractivity contribution in [1.29, 1.82) is 0 Å². The van der Waals surface area contributed by atoms with Gasteiger partial charge < -0.3 is 10.3 Å². The Labute approximate surface area is 130 Å². The van der Waals surface area contributed by atoms with E-state index in [4.69, 9.17) is 5.73 Å². The number of nitrogens with two attached hydrogens (primary N) is 1. The normalized spacial score (nSPS) is 12.9. The minimum atomic E-state index is -0.330. The topological polar surface area (TPSA) is 48.0 Å². The number of pyridine rings is 1. The molecule has 2 N–H and O–H groups in total. The minimum Gasteiger partial charge on any atom is -0.319 e. The summed E-state index contributed by atoms with van der Waals surface area (Å²) >= 11 is 1.60. The van der Waals surface area contributed by atoms with Crippen molar-refractivity contribution in [3.8, 4) is 0 Å². The SMILES string of the molecule is Cc1cc(C)n(CCC(C)C)c(=O)c1C(N)c1cccs1. The maximum absolute atomic E-state index is 12.8. The summed E-state index contributed by atoms with van der Waals surface area (Å²) in [5.41, 5.74) is 9.13. The highest BCUT2D eigenvalue weighted by Gasteiger charge is 2.19.